The van der Waals surface area contributed by atoms with Gasteiger partial charge in [0.15, 0.2) is 0 Å². The van der Waals surface area contributed by atoms with Gasteiger partial charge in [-0.25, -0.2) is 0 Å². The first kappa shape index (κ1) is 17.5. The molecular weight excluding hydrogens is 352 g/mol. The second kappa shape index (κ2) is 7.09. The van der Waals surface area contributed by atoms with Crippen LogP contribution in [0.5, 0.6) is 5.75 Å². The molecule has 0 amide bonds. The highest BCUT2D eigenvalue weighted by molar-refractivity contribution is 5.40. The first-order valence-electron chi connectivity index (χ1n) is 10.1. The number of hydrogen-bond donors (Lipinski definition) is 2. The lowest BCUT2D eigenvalue weighted by atomic mass is 10.1. The van der Waals surface area contributed by atoms with Gasteiger partial charge in [0.1, 0.15) is 12.4 Å². The summed E-state index contributed by atoms with van der Waals surface area (Å²) in [5, 5.41) is 14.4. The van der Waals surface area contributed by atoms with Crippen LogP contribution in [0.4, 0.5) is 6.01 Å². The summed E-state index contributed by atoms with van der Waals surface area (Å²) >= 11 is 0. The van der Waals surface area contributed by atoms with Gasteiger partial charge in [-0.3, -0.25) is 0 Å². The largest absolute Gasteiger partial charge is 0.489 e. The molecule has 3 aliphatic rings. The number of allylic oxidation sites excluding steroid dienone is 3. The predicted octanol–water partition coefficient (Wildman–Crippen LogP) is 3.80. The molecule has 2 N–H and O–H groups in total. The number of ether oxygens (including phenoxy) is 1. The van der Waals surface area contributed by atoms with Crippen LogP contribution < -0.4 is 15.4 Å². The van der Waals surface area contributed by atoms with Crippen LogP contribution in [0.3, 0.4) is 0 Å². The van der Waals surface area contributed by atoms with Crippen molar-refractivity contribution < 1.29 is 9.15 Å². The van der Waals surface area contributed by atoms with Gasteiger partial charge in [-0.1, -0.05) is 35.5 Å². The normalized spacial score (nSPS) is 27.5. The van der Waals surface area contributed by atoms with E-state index >= 15 is 0 Å². The quantitative estimate of drug-likeness (QED) is 0.728. The van der Waals surface area contributed by atoms with Crippen LogP contribution in [0.15, 0.2) is 52.5 Å². The van der Waals surface area contributed by atoms with E-state index in [9.17, 15) is 0 Å². The Morgan fingerprint density at radius 3 is 2.86 bits per heavy atom. The number of rotatable bonds is 8. The standard InChI is InChI=1S/C22H26N4O2/c1-23-21-26-25-20(28-21)13-24-19-12-22(19)11-18(22)16-7-9-17(10-8-16)27-14-15-5-3-2-4-6-15/h2-3,5,7-10,18-19,24H,4,6,11-14H2,1H3,(H,23,26)/t18-,19?,22?/m0/s1. The Hall–Kier alpha value is -2.60. The number of nitrogens with one attached hydrogen (secondary N) is 2. The molecule has 1 spiro atoms. The van der Waals surface area contributed by atoms with Gasteiger partial charge in [0.25, 0.3) is 0 Å². The fourth-order valence-electron chi connectivity index (χ4n) is 4.36. The Balaban J connectivity index is 1.11. The van der Waals surface area contributed by atoms with E-state index in [4.69, 9.17) is 9.15 Å². The summed E-state index contributed by atoms with van der Waals surface area (Å²) < 4.78 is 11.4. The van der Waals surface area contributed by atoms with Crippen molar-refractivity contribution in [2.45, 2.75) is 44.2 Å². The highest BCUT2D eigenvalue weighted by Crippen LogP contribution is 2.74. The number of hydrogen-bond acceptors (Lipinski definition) is 6. The third-order valence-electron chi connectivity index (χ3n) is 6.22. The average Bonchev–Trinajstić information content (AvgIpc) is 3.59. The molecule has 5 rings (SSSR count). The summed E-state index contributed by atoms with van der Waals surface area (Å²) in [6.07, 6.45) is 11.2. The van der Waals surface area contributed by atoms with Crippen molar-refractivity contribution in [2.24, 2.45) is 5.41 Å². The predicted molar refractivity (Wildman–Crippen MR) is 107 cm³/mol. The van der Waals surface area contributed by atoms with E-state index < -0.39 is 0 Å². The first-order chi connectivity index (χ1) is 13.8. The van der Waals surface area contributed by atoms with Crippen molar-refractivity contribution in [3.05, 3.63) is 59.5 Å². The maximum Gasteiger partial charge on any atom is 0.315 e. The smallest absolute Gasteiger partial charge is 0.315 e. The van der Waals surface area contributed by atoms with Crippen LogP contribution in [-0.4, -0.2) is 29.9 Å². The number of benzene rings is 1. The van der Waals surface area contributed by atoms with Gasteiger partial charge in [-0.15, -0.1) is 5.10 Å². The Morgan fingerprint density at radius 1 is 1.21 bits per heavy atom. The third kappa shape index (κ3) is 3.44. The van der Waals surface area contributed by atoms with E-state index in [1.165, 1.54) is 24.0 Å². The molecule has 28 heavy (non-hydrogen) atoms. The van der Waals surface area contributed by atoms with Gasteiger partial charge >= 0.3 is 6.01 Å². The molecule has 1 heterocycles. The minimum atomic E-state index is 0.438. The molecule has 0 bridgehead atoms. The second-order valence-electron chi connectivity index (χ2n) is 8.03. The van der Waals surface area contributed by atoms with E-state index in [-0.39, 0.29) is 0 Å². The molecule has 0 saturated heterocycles. The van der Waals surface area contributed by atoms with Gasteiger partial charge < -0.3 is 19.8 Å². The van der Waals surface area contributed by atoms with Crippen molar-refractivity contribution in [1.29, 1.82) is 0 Å². The van der Waals surface area contributed by atoms with Crippen LogP contribution in [0.1, 0.15) is 43.1 Å². The number of aromatic nitrogens is 2. The van der Waals surface area contributed by atoms with Crippen LogP contribution in [0.25, 0.3) is 0 Å². The zero-order valence-corrected chi connectivity index (χ0v) is 16.1. The molecule has 2 fully saturated rings. The molecule has 146 valence electrons. The van der Waals surface area contributed by atoms with Gasteiger partial charge in [-0.2, -0.15) is 0 Å². The fraction of sp³-hybridized carbons (Fsp3) is 0.455. The summed E-state index contributed by atoms with van der Waals surface area (Å²) in [5.74, 6) is 2.24. The summed E-state index contributed by atoms with van der Waals surface area (Å²) in [6, 6.07) is 9.70. The highest BCUT2D eigenvalue weighted by Gasteiger charge is 2.70. The van der Waals surface area contributed by atoms with Crippen LogP contribution in [0.2, 0.25) is 0 Å². The molecule has 6 nitrogen and oxygen atoms in total. The zero-order chi connectivity index (χ0) is 19.0. The molecular formula is C22H26N4O2. The van der Waals surface area contributed by atoms with Crippen LogP contribution in [0, 0.1) is 5.41 Å². The minimum absolute atomic E-state index is 0.438. The SMILES string of the molecule is CNc1nnc(CNC2CC23C[C@H]3c2ccc(OCC3=CC=CCC3)cc2)o1. The van der Waals surface area contributed by atoms with Crippen molar-refractivity contribution in [3.63, 3.8) is 0 Å². The Labute approximate surface area is 165 Å². The molecule has 2 aromatic rings. The molecule has 2 unspecified atom stereocenters. The Kier molecular flexibility index (Phi) is 4.43. The molecule has 3 aliphatic carbocycles. The first-order valence-corrected chi connectivity index (χ1v) is 10.1. The summed E-state index contributed by atoms with van der Waals surface area (Å²) in [7, 11) is 1.77. The van der Waals surface area contributed by atoms with E-state index in [1.807, 2.05) is 0 Å². The lowest BCUT2D eigenvalue weighted by Gasteiger charge is -2.11. The molecule has 1 aromatic heterocycles. The van der Waals surface area contributed by atoms with E-state index in [0.29, 0.717) is 42.4 Å². The van der Waals surface area contributed by atoms with Crippen LogP contribution in [-0.2, 0) is 6.54 Å². The monoisotopic (exact) mass is 378 g/mol. The van der Waals surface area contributed by atoms with Gasteiger partial charge in [0.2, 0.25) is 5.89 Å². The van der Waals surface area contributed by atoms with Gasteiger partial charge in [0.05, 0.1) is 6.54 Å². The van der Waals surface area contributed by atoms with Crippen molar-refractivity contribution >= 4 is 6.01 Å². The molecule has 6 heteroatoms. The Morgan fingerprint density at radius 2 is 2.11 bits per heavy atom. The van der Waals surface area contributed by atoms with Crippen molar-refractivity contribution in [1.82, 2.24) is 15.5 Å². The molecule has 3 atom stereocenters. The van der Waals surface area contributed by atoms with Crippen molar-refractivity contribution in [2.75, 3.05) is 19.0 Å². The molecule has 0 radical (unpaired) electrons. The van der Waals surface area contributed by atoms with Gasteiger partial charge in [0, 0.05) is 13.1 Å². The van der Waals surface area contributed by atoms with E-state index in [0.717, 1.165) is 18.6 Å². The molecule has 2 saturated carbocycles. The van der Waals surface area contributed by atoms with E-state index in [2.05, 4.69) is 63.3 Å². The van der Waals surface area contributed by atoms with Crippen LogP contribution >= 0.6 is 0 Å². The molecule has 1 aromatic carbocycles. The maximum atomic E-state index is 5.95. The fourth-order valence-corrected chi connectivity index (χ4v) is 4.36. The van der Waals surface area contributed by atoms with Gasteiger partial charge in [-0.05, 0) is 60.3 Å². The zero-order valence-electron chi connectivity index (χ0n) is 16.1. The van der Waals surface area contributed by atoms with Crippen molar-refractivity contribution in [3.8, 4) is 5.75 Å². The number of anilines is 1. The number of nitrogens with zero attached hydrogens (tertiary/aromatic N) is 2. The summed E-state index contributed by atoms with van der Waals surface area (Å²) in [4.78, 5) is 0. The maximum absolute atomic E-state index is 5.95. The third-order valence-corrected chi connectivity index (χ3v) is 6.22. The lowest BCUT2D eigenvalue weighted by molar-refractivity contribution is 0.347. The summed E-state index contributed by atoms with van der Waals surface area (Å²) in [5.41, 5.74) is 3.22. The van der Waals surface area contributed by atoms with E-state index in [1.54, 1.807) is 7.05 Å². The second-order valence-corrected chi connectivity index (χ2v) is 8.03. The topological polar surface area (TPSA) is 72.2 Å². The Bertz CT molecular complexity index is 902. The average molecular weight is 378 g/mol. The minimum Gasteiger partial charge on any atom is -0.489 e. The highest BCUT2D eigenvalue weighted by atomic mass is 16.5. The lowest BCUT2D eigenvalue weighted by Crippen LogP contribution is -2.18. The molecule has 0 aliphatic heterocycles. The summed E-state index contributed by atoms with van der Waals surface area (Å²) in [6.45, 7) is 1.32.